The lowest BCUT2D eigenvalue weighted by molar-refractivity contribution is -0.121. The van der Waals surface area contributed by atoms with Crippen LogP contribution in [0.5, 0.6) is 5.75 Å². The van der Waals surface area contributed by atoms with Crippen LogP contribution in [0.25, 0.3) is 0 Å². The molecule has 2 aromatic rings. The predicted molar refractivity (Wildman–Crippen MR) is 87.9 cm³/mol. The molecule has 0 bridgehead atoms. The highest BCUT2D eigenvalue weighted by Crippen LogP contribution is 2.18. The van der Waals surface area contributed by atoms with Crippen molar-refractivity contribution in [1.82, 2.24) is 10.3 Å². The molecule has 1 aromatic heterocycles. The maximum atomic E-state index is 11.8. The maximum absolute atomic E-state index is 11.8. The Bertz CT molecular complexity index is 642. The summed E-state index contributed by atoms with van der Waals surface area (Å²) in [5.74, 6) is 0.383. The SMILES string of the molecule is Cc1ccc(C)c(OCC(=O)NC(=S)Nc2nccs2)c1. The van der Waals surface area contributed by atoms with E-state index in [1.807, 2.05) is 37.4 Å². The van der Waals surface area contributed by atoms with Gasteiger partial charge in [-0.3, -0.25) is 10.1 Å². The van der Waals surface area contributed by atoms with Crippen molar-refractivity contribution in [3.8, 4) is 5.75 Å². The first-order valence-electron chi connectivity index (χ1n) is 6.25. The van der Waals surface area contributed by atoms with Crippen LogP contribution in [-0.4, -0.2) is 22.6 Å². The zero-order valence-corrected chi connectivity index (χ0v) is 13.3. The first-order valence-corrected chi connectivity index (χ1v) is 7.54. The van der Waals surface area contributed by atoms with E-state index in [0.717, 1.165) is 11.1 Å². The fourth-order valence-corrected chi connectivity index (χ4v) is 2.39. The van der Waals surface area contributed by atoms with Crippen LogP contribution in [0.2, 0.25) is 0 Å². The van der Waals surface area contributed by atoms with E-state index >= 15 is 0 Å². The van der Waals surface area contributed by atoms with Crippen LogP contribution >= 0.6 is 23.6 Å². The smallest absolute Gasteiger partial charge is 0.264 e. The fourth-order valence-electron chi connectivity index (χ4n) is 1.58. The lowest BCUT2D eigenvalue weighted by atomic mass is 10.1. The largest absolute Gasteiger partial charge is 0.483 e. The number of carbonyl (C=O) groups is 1. The number of thiazole rings is 1. The van der Waals surface area contributed by atoms with Gasteiger partial charge in [0, 0.05) is 11.6 Å². The summed E-state index contributed by atoms with van der Waals surface area (Å²) in [6.07, 6.45) is 1.65. The molecule has 0 unspecified atom stereocenters. The number of hydrogen-bond acceptors (Lipinski definition) is 5. The van der Waals surface area contributed by atoms with Gasteiger partial charge in [-0.2, -0.15) is 0 Å². The molecule has 0 aliphatic heterocycles. The third kappa shape index (κ3) is 4.80. The van der Waals surface area contributed by atoms with Crippen LogP contribution in [0.1, 0.15) is 11.1 Å². The van der Waals surface area contributed by atoms with Crippen molar-refractivity contribution < 1.29 is 9.53 Å². The molecular formula is C14H15N3O2S2. The summed E-state index contributed by atoms with van der Waals surface area (Å²) in [6.45, 7) is 3.81. The van der Waals surface area contributed by atoms with Crippen molar-refractivity contribution in [2.75, 3.05) is 11.9 Å². The number of nitrogens with one attached hydrogen (secondary N) is 2. The summed E-state index contributed by atoms with van der Waals surface area (Å²) in [4.78, 5) is 15.8. The average Bonchev–Trinajstić information content (AvgIpc) is 2.92. The molecule has 0 saturated heterocycles. The van der Waals surface area contributed by atoms with Gasteiger partial charge in [0.25, 0.3) is 5.91 Å². The van der Waals surface area contributed by atoms with E-state index in [1.165, 1.54) is 11.3 Å². The molecule has 110 valence electrons. The highest BCUT2D eigenvalue weighted by atomic mass is 32.1. The van der Waals surface area contributed by atoms with Crippen molar-refractivity contribution in [2.24, 2.45) is 0 Å². The van der Waals surface area contributed by atoms with E-state index in [1.54, 1.807) is 6.20 Å². The van der Waals surface area contributed by atoms with E-state index in [-0.39, 0.29) is 17.6 Å². The molecular weight excluding hydrogens is 306 g/mol. The van der Waals surface area contributed by atoms with Crippen LogP contribution in [0.3, 0.4) is 0 Å². The van der Waals surface area contributed by atoms with Gasteiger partial charge < -0.3 is 10.1 Å². The normalized spacial score (nSPS) is 10.0. The van der Waals surface area contributed by atoms with Gasteiger partial charge in [-0.1, -0.05) is 12.1 Å². The molecule has 1 amide bonds. The Balaban J connectivity index is 1.82. The van der Waals surface area contributed by atoms with Crippen LogP contribution in [0.4, 0.5) is 5.13 Å². The van der Waals surface area contributed by atoms with Crippen LogP contribution in [0.15, 0.2) is 29.8 Å². The molecule has 2 rings (SSSR count). The molecule has 0 spiro atoms. The van der Waals surface area contributed by atoms with E-state index < -0.39 is 0 Å². The topological polar surface area (TPSA) is 63.2 Å². The number of rotatable bonds is 4. The molecule has 5 nitrogen and oxygen atoms in total. The van der Waals surface area contributed by atoms with E-state index in [4.69, 9.17) is 17.0 Å². The third-order valence-electron chi connectivity index (χ3n) is 2.61. The lowest BCUT2D eigenvalue weighted by Gasteiger charge is -2.11. The van der Waals surface area contributed by atoms with Crippen molar-refractivity contribution in [3.63, 3.8) is 0 Å². The predicted octanol–water partition coefficient (Wildman–Crippen LogP) is 2.65. The Morgan fingerprint density at radius 3 is 2.95 bits per heavy atom. The van der Waals surface area contributed by atoms with Gasteiger partial charge in [-0.05, 0) is 43.3 Å². The first-order chi connectivity index (χ1) is 10.0. The molecule has 2 N–H and O–H groups in total. The number of amides is 1. The van der Waals surface area contributed by atoms with Gasteiger partial charge in [0.2, 0.25) is 0 Å². The fraction of sp³-hybridized carbons (Fsp3) is 0.214. The van der Waals surface area contributed by atoms with Gasteiger partial charge >= 0.3 is 0 Å². The second kappa shape index (κ2) is 7.14. The highest BCUT2D eigenvalue weighted by molar-refractivity contribution is 7.80. The van der Waals surface area contributed by atoms with Crippen molar-refractivity contribution >= 4 is 39.7 Å². The van der Waals surface area contributed by atoms with E-state index in [9.17, 15) is 4.79 Å². The zero-order valence-electron chi connectivity index (χ0n) is 11.7. The number of hydrogen-bond donors (Lipinski definition) is 2. The second-order valence-electron chi connectivity index (χ2n) is 4.40. The van der Waals surface area contributed by atoms with Crippen molar-refractivity contribution in [1.29, 1.82) is 0 Å². The molecule has 7 heteroatoms. The average molecular weight is 321 g/mol. The number of carbonyl (C=O) groups excluding carboxylic acids is 1. The lowest BCUT2D eigenvalue weighted by Crippen LogP contribution is -2.37. The van der Waals surface area contributed by atoms with Crippen LogP contribution in [0, 0.1) is 13.8 Å². The number of nitrogens with zero attached hydrogens (tertiary/aromatic N) is 1. The van der Waals surface area contributed by atoms with E-state index in [0.29, 0.717) is 10.9 Å². The number of benzene rings is 1. The second-order valence-corrected chi connectivity index (χ2v) is 5.70. The molecule has 0 saturated carbocycles. The summed E-state index contributed by atoms with van der Waals surface area (Å²) in [7, 11) is 0. The maximum Gasteiger partial charge on any atom is 0.264 e. The number of aromatic nitrogens is 1. The zero-order chi connectivity index (χ0) is 15.2. The molecule has 21 heavy (non-hydrogen) atoms. The molecule has 0 aliphatic rings. The molecule has 0 radical (unpaired) electrons. The number of thiocarbonyl (C=S) groups is 1. The van der Waals surface area contributed by atoms with Gasteiger partial charge in [0.15, 0.2) is 16.9 Å². The Labute approximate surface area is 132 Å². The Hall–Kier alpha value is -1.99. The van der Waals surface area contributed by atoms with Crippen molar-refractivity contribution in [2.45, 2.75) is 13.8 Å². The van der Waals surface area contributed by atoms with E-state index in [2.05, 4.69) is 15.6 Å². The molecule has 1 heterocycles. The van der Waals surface area contributed by atoms with Gasteiger partial charge in [-0.25, -0.2) is 4.98 Å². The van der Waals surface area contributed by atoms with Crippen molar-refractivity contribution in [3.05, 3.63) is 40.9 Å². The monoisotopic (exact) mass is 321 g/mol. The highest BCUT2D eigenvalue weighted by Gasteiger charge is 2.08. The minimum absolute atomic E-state index is 0.0933. The molecule has 0 fully saturated rings. The Morgan fingerprint density at radius 2 is 2.24 bits per heavy atom. The minimum Gasteiger partial charge on any atom is -0.483 e. The number of anilines is 1. The van der Waals surface area contributed by atoms with Crippen LogP contribution < -0.4 is 15.4 Å². The summed E-state index contributed by atoms with van der Waals surface area (Å²) in [5.41, 5.74) is 2.06. The standard InChI is InChI=1S/C14H15N3O2S2/c1-9-3-4-10(2)11(7-9)19-8-12(18)16-13(20)17-14-15-5-6-21-14/h3-7H,8H2,1-2H3,(H2,15,16,17,18,20). The summed E-state index contributed by atoms with van der Waals surface area (Å²) >= 11 is 6.42. The number of ether oxygens (including phenoxy) is 1. The Kier molecular flexibility index (Phi) is 5.24. The first kappa shape index (κ1) is 15.4. The summed E-state index contributed by atoms with van der Waals surface area (Å²) in [5, 5.41) is 8.03. The summed E-state index contributed by atoms with van der Waals surface area (Å²) in [6, 6.07) is 5.85. The van der Waals surface area contributed by atoms with Gasteiger partial charge in [-0.15, -0.1) is 11.3 Å². The molecule has 0 aliphatic carbocycles. The van der Waals surface area contributed by atoms with Crippen LogP contribution in [-0.2, 0) is 4.79 Å². The minimum atomic E-state index is -0.315. The summed E-state index contributed by atoms with van der Waals surface area (Å²) < 4.78 is 5.50. The third-order valence-corrected chi connectivity index (χ3v) is 3.50. The number of aryl methyl sites for hydroxylation is 2. The van der Waals surface area contributed by atoms with Gasteiger partial charge in [0.1, 0.15) is 5.75 Å². The molecule has 0 atom stereocenters. The quantitative estimate of drug-likeness (QED) is 0.848. The van der Waals surface area contributed by atoms with Gasteiger partial charge in [0.05, 0.1) is 0 Å². The Morgan fingerprint density at radius 1 is 1.43 bits per heavy atom. The molecule has 1 aromatic carbocycles.